The van der Waals surface area contributed by atoms with Gasteiger partial charge in [-0.15, -0.1) is 10.2 Å². The molecule has 0 aliphatic rings. The van der Waals surface area contributed by atoms with E-state index >= 15 is 0 Å². The highest BCUT2D eigenvalue weighted by molar-refractivity contribution is 9.10. The first-order chi connectivity index (χ1) is 8.65. The molecule has 96 valence electrons. The van der Waals surface area contributed by atoms with E-state index < -0.39 is 0 Å². The lowest BCUT2D eigenvalue weighted by Gasteiger charge is -2.08. The molecule has 1 heterocycles. The number of benzene rings is 1. The molecule has 1 N–H and O–H groups in total. The molecule has 5 heteroatoms. The van der Waals surface area contributed by atoms with Crippen LogP contribution in [0, 0.1) is 6.92 Å². The Balaban J connectivity index is 2.31. The lowest BCUT2D eigenvalue weighted by molar-refractivity contribution is 0.568. The first-order valence-electron chi connectivity index (χ1n) is 5.93. The Labute approximate surface area is 120 Å². The van der Waals surface area contributed by atoms with E-state index in [4.69, 9.17) is 0 Å². The molecular formula is C13H16BrN3S. The Morgan fingerprint density at radius 3 is 2.78 bits per heavy atom. The van der Waals surface area contributed by atoms with Crippen molar-refractivity contribution in [2.24, 2.45) is 0 Å². The molecule has 0 aliphatic heterocycles. The summed E-state index contributed by atoms with van der Waals surface area (Å²) in [4.78, 5) is 0. The van der Waals surface area contributed by atoms with Crippen molar-refractivity contribution in [1.29, 1.82) is 0 Å². The molecule has 0 aliphatic carbocycles. The smallest absolute Gasteiger partial charge is 0.147 e. The molecule has 0 bridgehead atoms. The third-order valence-electron chi connectivity index (χ3n) is 2.91. The number of aromatic nitrogens is 2. The molecule has 1 aromatic carbocycles. The molecule has 2 rings (SSSR count). The van der Waals surface area contributed by atoms with E-state index in [1.807, 2.05) is 7.05 Å². The average Bonchev–Trinajstić information content (AvgIpc) is 2.84. The van der Waals surface area contributed by atoms with E-state index in [1.54, 1.807) is 11.3 Å². The van der Waals surface area contributed by atoms with Crippen LogP contribution in [-0.4, -0.2) is 17.2 Å². The maximum atomic E-state index is 4.28. The normalized spacial score (nSPS) is 12.7. The molecule has 1 unspecified atom stereocenters. The minimum atomic E-state index is 0.296. The second-order valence-electron chi connectivity index (χ2n) is 4.16. The lowest BCUT2D eigenvalue weighted by Crippen LogP contribution is -2.14. The summed E-state index contributed by atoms with van der Waals surface area (Å²) in [5.74, 6) is 0. The van der Waals surface area contributed by atoms with Gasteiger partial charge >= 0.3 is 0 Å². The molecule has 0 saturated heterocycles. The van der Waals surface area contributed by atoms with Crippen LogP contribution in [0.5, 0.6) is 0 Å². The number of aryl methyl sites for hydroxylation is 1. The third kappa shape index (κ3) is 2.79. The van der Waals surface area contributed by atoms with Crippen LogP contribution in [0.2, 0.25) is 0 Å². The van der Waals surface area contributed by atoms with Gasteiger partial charge in [0.05, 0.1) is 6.04 Å². The van der Waals surface area contributed by atoms with Gasteiger partial charge < -0.3 is 5.32 Å². The van der Waals surface area contributed by atoms with Crippen molar-refractivity contribution in [2.45, 2.75) is 26.3 Å². The Morgan fingerprint density at radius 2 is 2.17 bits per heavy atom. The summed E-state index contributed by atoms with van der Waals surface area (Å²) in [6.07, 6.45) is 1.02. The number of rotatable bonds is 4. The largest absolute Gasteiger partial charge is 0.311 e. The van der Waals surface area contributed by atoms with Crippen LogP contribution in [0.4, 0.5) is 0 Å². The number of halogens is 1. The van der Waals surface area contributed by atoms with E-state index in [0.29, 0.717) is 6.04 Å². The van der Waals surface area contributed by atoms with Crippen LogP contribution in [0.3, 0.4) is 0 Å². The van der Waals surface area contributed by atoms with E-state index in [-0.39, 0.29) is 0 Å². The summed E-state index contributed by atoms with van der Waals surface area (Å²) in [7, 11) is 1.96. The van der Waals surface area contributed by atoms with Crippen molar-refractivity contribution in [3.05, 3.63) is 33.2 Å². The van der Waals surface area contributed by atoms with E-state index in [2.05, 4.69) is 63.5 Å². The summed E-state index contributed by atoms with van der Waals surface area (Å²) in [5, 5.41) is 13.8. The number of nitrogens with one attached hydrogen (secondary N) is 1. The maximum Gasteiger partial charge on any atom is 0.147 e. The van der Waals surface area contributed by atoms with Crippen LogP contribution < -0.4 is 5.32 Å². The minimum Gasteiger partial charge on any atom is -0.311 e. The average molecular weight is 326 g/mol. The molecule has 0 spiro atoms. The number of nitrogens with zero attached hydrogens (tertiary/aromatic N) is 2. The molecule has 0 fully saturated rings. The fourth-order valence-electron chi connectivity index (χ4n) is 1.72. The quantitative estimate of drug-likeness (QED) is 0.924. The second-order valence-corrected chi connectivity index (χ2v) is 6.02. The molecule has 0 saturated carbocycles. The van der Waals surface area contributed by atoms with Gasteiger partial charge in [0.1, 0.15) is 10.0 Å². The van der Waals surface area contributed by atoms with Gasteiger partial charge in [-0.2, -0.15) is 0 Å². The van der Waals surface area contributed by atoms with Crippen molar-refractivity contribution >= 4 is 27.3 Å². The van der Waals surface area contributed by atoms with Crippen LogP contribution in [-0.2, 0) is 0 Å². The molecule has 1 aromatic heterocycles. The van der Waals surface area contributed by atoms with Crippen molar-refractivity contribution in [3.8, 4) is 10.6 Å². The van der Waals surface area contributed by atoms with Crippen molar-refractivity contribution in [3.63, 3.8) is 0 Å². The van der Waals surface area contributed by atoms with E-state index in [0.717, 1.165) is 26.5 Å². The Hall–Kier alpha value is -0.780. The Morgan fingerprint density at radius 1 is 1.39 bits per heavy atom. The molecule has 0 radical (unpaired) electrons. The molecule has 3 nitrogen and oxygen atoms in total. The maximum absolute atomic E-state index is 4.28. The standard InChI is InChI=1S/C13H16BrN3S/c1-4-11(15-3)13-17-16-12(18-13)9-6-5-8(2)10(14)7-9/h5-7,11,15H,4H2,1-3H3. The molecule has 1 atom stereocenters. The van der Waals surface area contributed by atoms with Gasteiger partial charge in [0.2, 0.25) is 0 Å². The summed E-state index contributed by atoms with van der Waals surface area (Å²) in [6.45, 7) is 4.22. The van der Waals surface area contributed by atoms with Gasteiger partial charge in [0.15, 0.2) is 0 Å². The zero-order valence-electron chi connectivity index (χ0n) is 10.7. The second kappa shape index (κ2) is 5.91. The SMILES string of the molecule is CCC(NC)c1nnc(-c2ccc(C)c(Br)c2)s1. The van der Waals surface area contributed by atoms with Gasteiger partial charge in [-0.1, -0.05) is 46.3 Å². The Bertz CT molecular complexity index is 535. The summed E-state index contributed by atoms with van der Waals surface area (Å²) in [5.41, 5.74) is 2.34. The fraction of sp³-hybridized carbons (Fsp3) is 0.385. The monoisotopic (exact) mass is 325 g/mol. The summed E-state index contributed by atoms with van der Waals surface area (Å²) in [6, 6.07) is 6.57. The number of hydrogen-bond donors (Lipinski definition) is 1. The highest BCUT2D eigenvalue weighted by Gasteiger charge is 2.14. The van der Waals surface area contributed by atoms with Gasteiger partial charge in [0, 0.05) is 10.0 Å². The van der Waals surface area contributed by atoms with Crippen LogP contribution in [0.15, 0.2) is 22.7 Å². The topological polar surface area (TPSA) is 37.8 Å². The predicted molar refractivity (Wildman–Crippen MR) is 79.9 cm³/mol. The fourth-order valence-corrected chi connectivity index (χ4v) is 3.13. The first kappa shape index (κ1) is 13.6. The molecular weight excluding hydrogens is 310 g/mol. The van der Waals surface area contributed by atoms with Crippen LogP contribution in [0.1, 0.15) is 30.0 Å². The van der Waals surface area contributed by atoms with Crippen molar-refractivity contribution in [2.75, 3.05) is 7.05 Å². The van der Waals surface area contributed by atoms with Gasteiger partial charge in [-0.05, 0) is 32.0 Å². The van der Waals surface area contributed by atoms with Gasteiger partial charge in [-0.3, -0.25) is 0 Å². The van der Waals surface area contributed by atoms with Gasteiger partial charge in [-0.25, -0.2) is 0 Å². The van der Waals surface area contributed by atoms with Crippen LogP contribution in [0.25, 0.3) is 10.6 Å². The third-order valence-corrected chi connectivity index (χ3v) is 4.85. The van der Waals surface area contributed by atoms with Crippen molar-refractivity contribution in [1.82, 2.24) is 15.5 Å². The van der Waals surface area contributed by atoms with Crippen LogP contribution >= 0.6 is 27.3 Å². The molecule has 0 amide bonds. The highest BCUT2D eigenvalue weighted by Crippen LogP contribution is 2.30. The van der Waals surface area contributed by atoms with E-state index in [1.165, 1.54) is 5.56 Å². The number of hydrogen-bond acceptors (Lipinski definition) is 4. The first-order valence-corrected chi connectivity index (χ1v) is 7.53. The summed E-state index contributed by atoms with van der Waals surface area (Å²) < 4.78 is 1.11. The molecule has 18 heavy (non-hydrogen) atoms. The lowest BCUT2D eigenvalue weighted by atomic mass is 10.2. The summed E-state index contributed by atoms with van der Waals surface area (Å²) >= 11 is 5.20. The minimum absolute atomic E-state index is 0.296. The van der Waals surface area contributed by atoms with Gasteiger partial charge in [0.25, 0.3) is 0 Å². The predicted octanol–water partition coefficient (Wildman–Crippen LogP) is 3.95. The van der Waals surface area contributed by atoms with E-state index in [9.17, 15) is 0 Å². The van der Waals surface area contributed by atoms with Crippen molar-refractivity contribution < 1.29 is 0 Å². The zero-order chi connectivity index (χ0) is 13.1. The molecule has 2 aromatic rings. The Kier molecular flexibility index (Phi) is 4.48. The zero-order valence-corrected chi connectivity index (χ0v) is 13.1. The highest BCUT2D eigenvalue weighted by atomic mass is 79.9.